The van der Waals surface area contributed by atoms with Crippen LogP contribution in [0.3, 0.4) is 0 Å². The van der Waals surface area contributed by atoms with E-state index in [1.807, 2.05) is 51.1 Å². The molecule has 2 nitrogen and oxygen atoms in total. The zero-order valence-electron chi connectivity index (χ0n) is 81.5. The summed E-state index contributed by atoms with van der Waals surface area (Å²) in [6.45, 7) is 72.1. The number of ether oxygens (including phenoxy) is 2. The van der Waals surface area contributed by atoms with Crippen LogP contribution in [-0.2, 0) is 6.42 Å². The van der Waals surface area contributed by atoms with Gasteiger partial charge in [-0.2, -0.15) is 0 Å². The number of aryl methyl sites for hydroxylation is 11. The third-order valence-electron chi connectivity index (χ3n) is 21.2. The van der Waals surface area contributed by atoms with Crippen LogP contribution in [0.2, 0.25) is 0 Å². The Bertz CT molecular complexity index is 4450. The topological polar surface area (TPSA) is 18.5 Å². The van der Waals surface area contributed by atoms with Crippen LogP contribution in [-0.4, -0.2) is 14.2 Å². The van der Waals surface area contributed by atoms with E-state index in [2.05, 4.69) is 370 Å². The number of halogens is 5. The lowest BCUT2D eigenvalue weighted by Gasteiger charge is -2.14. The van der Waals surface area contributed by atoms with E-state index in [0.29, 0.717) is 53.3 Å². The lowest BCUT2D eigenvalue weighted by Crippen LogP contribution is -2.07. The van der Waals surface area contributed by atoms with Gasteiger partial charge in [-0.3, -0.25) is 0 Å². The van der Waals surface area contributed by atoms with Crippen LogP contribution in [0.25, 0.3) is 0 Å². The van der Waals surface area contributed by atoms with Crippen molar-refractivity contribution >= 4 is 0 Å². The molecule has 0 aliphatic carbocycles. The third-order valence-corrected chi connectivity index (χ3v) is 21.2. The number of benzene rings is 11. The molecule has 0 saturated carbocycles. The first kappa shape index (κ1) is 113. The summed E-state index contributed by atoms with van der Waals surface area (Å²) < 4.78 is 74.9. The minimum absolute atomic E-state index is 0. The molecule has 11 rings (SSSR count). The highest BCUT2D eigenvalue weighted by molar-refractivity contribution is 5.40. The smallest absolute Gasteiger partial charge is 0.197 e. The third kappa shape index (κ3) is 39.9. The second-order valence-electron chi connectivity index (χ2n) is 35.2. The van der Waals surface area contributed by atoms with Crippen molar-refractivity contribution in [2.75, 3.05) is 14.2 Å². The summed E-state index contributed by atoms with van der Waals surface area (Å²) in [7, 11) is 3.38. The van der Waals surface area contributed by atoms with Crippen LogP contribution in [0.5, 0.6) is 11.5 Å². The fourth-order valence-corrected chi connectivity index (χ4v) is 14.6. The van der Waals surface area contributed by atoms with Crippen molar-refractivity contribution in [2.24, 2.45) is 0 Å². The van der Waals surface area contributed by atoms with Gasteiger partial charge in [0.15, 0.2) is 23.3 Å². The molecule has 0 spiro atoms. The van der Waals surface area contributed by atoms with E-state index in [1.54, 1.807) is 39.7 Å². The summed E-state index contributed by atoms with van der Waals surface area (Å²) in [6, 6.07) is 75.6. The number of hydrogen-bond acceptors (Lipinski definition) is 2. The maximum absolute atomic E-state index is 13.2. The van der Waals surface area contributed by atoms with Crippen LogP contribution < -0.4 is 9.47 Å². The lowest BCUT2D eigenvalue weighted by molar-refractivity contribution is 0.398. The molecule has 7 heteroatoms. The van der Waals surface area contributed by atoms with Gasteiger partial charge in [-0.1, -0.05) is 366 Å². The first-order valence-electron chi connectivity index (χ1n) is 44.0. The molecular weight excluding hydrogens is 1510 g/mol. The van der Waals surface area contributed by atoms with Crippen molar-refractivity contribution in [1.29, 1.82) is 0 Å². The standard InChI is InChI=1S/C12H18.2C11H16.C10H10F4.C10H13F.2C10H14O.4C10H14.CH4/c1-5-11-8-6-7-10(4)12(11)9(2)3;2*1-8(2)11-9(3)6-5-7-10(11)4;1-4(2)6-5(3)7(11)9(13)10(14)8(6)12;1-7(2)10-8(3)5-4-6-9(10)11;1-8(2)9-4-6-10(11-3)7-5-9;1-8(2)9-5-4-6-10(7-9)11-3;1-8(2)10-6-4-9(3)5-7-10;1-8(2)10-6-4-5-9(3)7-10;2*1-8(2)10-7-5-4-6-9(10)3;/h6-9H,5H2,1-4H3;2*5-8H,1-4H3;4H,1-3H3;4-7H,1-3H3;2*4-8H,1-3H3;4*4-8H,1-3H3;1H4. The lowest BCUT2D eigenvalue weighted by atomic mass is 9.92. The van der Waals surface area contributed by atoms with Crippen molar-refractivity contribution in [3.63, 3.8) is 0 Å². The summed E-state index contributed by atoms with van der Waals surface area (Å²) in [5, 5.41) is 0. The van der Waals surface area contributed by atoms with Gasteiger partial charge in [-0.15, -0.1) is 0 Å². The Labute approximate surface area is 742 Å². The molecule has 0 aliphatic rings. The van der Waals surface area contributed by atoms with Gasteiger partial charge in [0.1, 0.15) is 17.3 Å². The number of methoxy groups -OCH3 is 2. The van der Waals surface area contributed by atoms with E-state index in [-0.39, 0.29) is 36.2 Å². The summed E-state index contributed by atoms with van der Waals surface area (Å²) in [4.78, 5) is 0. The average Bonchev–Trinajstić information content (AvgIpc) is 0.790. The zero-order valence-corrected chi connectivity index (χ0v) is 81.5. The van der Waals surface area contributed by atoms with Gasteiger partial charge in [0, 0.05) is 0 Å². The fourth-order valence-electron chi connectivity index (χ4n) is 14.6. The van der Waals surface area contributed by atoms with E-state index in [0.717, 1.165) is 29.0 Å². The predicted octanol–water partition coefficient (Wildman–Crippen LogP) is 36.2. The Morgan fingerprint density at radius 2 is 0.549 bits per heavy atom. The molecule has 0 heterocycles. The summed E-state index contributed by atoms with van der Waals surface area (Å²) in [6.07, 6.45) is 1.15. The normalized spacial score (nSPS) is 10.5. The van der Waals surface area contributed by atoms with E-state index in [4.69, 9.17) is 9.47 Å². The van der Waals surface area contributed by atoms with E-state index >= 15 is 0 Å². The second-order valence-corrected chi connectivity index (χ2v) is 35.2. The largest absolute Gasteiger partial charge is 0.497 e. The van der Waals surface area contributed by atoms with Crippen LogP contribution in [0, 0.1) is 105 Å². The monoisotopic (exact) mass is 1670 g/mol. The maximum atomic E-state index is 13.2. The number of rotatable bonds is 14. The van der Waals surface area contributed by atoms with Gasteiger partial charge in [0.25, 0.3) is 0 Å². The molecule has 122 heavy (non-hydrogen) atoms. The molecule has 0 aromatic heterocycles. The molecule has 0 fully saturated rings. The molecule has 11 aromatic rings. The van der Waals surface area contributed by atoms with Gasteiger partial charge in [-0.25, -0.2) is 22.0 Å². The van der Waals surface area contributed by atoms with Crippen LogP contribution >= 0.6 is 0 Å². The first-order chi connectivity index (χ1) is 56.7. The molecule has 0 bridgehead atoms. The Balaban J connectivity index is 0.00000132. The molecule has 0 unspecified atom stereocenters. The van der Waals surface area contributed by atoms with E-state index in [9.17, 15) is 22.0 Å². The Hall–Kier alpha value is -9.33. The van der Waals surface area contributed by atoms with Crippen LogP contribution in [0.1, 0.15) is 360 Å². The molecular formula is C115H161F5O2. The quantitative estimate of drug-likeness (QED) is 0.0614. The highest BCUT2D eigenvalue weighted by Gasteiger charge is 2.24. The maximum Gasteiger partial charge on any atom is 0.197 e. The Morgan fingerprint density at radius 3 is 0.844 bits per heavy atom. The van der Waals surface area contributed by atoms with Gasteiger partial charge < -0.3 is 9.47 Å². The Kier molecular flexibility index (Phi) is 54.2. The summed E-state index contributed by atoms with van der Waals surface area (Å²) >= 11 is 0. The SMILES string of the molecule is C.CCc1cccc(C)c1C(C)C.COc1ccc(C(C)C)cc1.COc1cccc(C(C)C)c1.Cc1c(F)c(F)c(F)c(F)c1C(C)C.Cc1ccc(C(C)C)cc1.Cc1cccc(C(C)C)c1.Cc1cccc(C)c1C(C)C.Cc1cccc(C)c1C(C)C.Cc1cccc(F)c1C(C)C.Cc1ccccc1C(C)C.Cc1ccccc1C(C)C. The van der Waals surface area contributed by atoms with Crippen molar-refractivity contribution in [2.45, 2.75) is 314 Å². The van der Waals surface area contributed by atoms with Crippen molar-refractivity contribution in [1.82, 2.24) is 0 Å². The van der Waals surface area contributed by atoms with Gasteiger partial charge >= 0.3 is 0 Å². The molecule has 0 N–H and O–H groups in total. The summed E-state index contributed by atoms with van der Waals surface area (Å²) in [5.74, 6) is 1.31. The molecule has 11 aromatic carbocycles. The molecule has 0 amide bonds. The van der Waals surface area contributed by atoms with Crippen LogP contribution in [0.15, 0.2) is 218 Å². The predicted molar refractivity (Wildman–Crippen MR) is 527 cm³/mol. The van der Waals surface area contributed by atoms with Crippen molar-refractivity contribution in [3.05, 3.63) is 375 Å². The molecule has 0 saturated heterocycles. The average molecular weight is 1670 g/mol. The molecule has 0 atom stereocenters. The second kappa shape index (κ2) is 58.7. The fraction of sp³-hybridized carbons (Fsp3) is 0.426. The van der Waals surface area contributed by atoms with Crippen molar-refractivity contribution < 1.29 is 31.4 Å². The van der Waals surface area contributed by atoms with Gasteiger partial charge in [-0.05, 0) is 295 Å². The van der Waals surface area contributed by atoms with Crippen LogP contribution in [0.4, 0.5) is 22.0 Å². The Morgan fingerprint density at radius 1 is 0.238 bits per heavy atom. The van der Waals surface area contributed by atoms with E-state index in [1.165, 1.54) is 113 Å². The minimum Gasteiger partial charge on any atom is -0.497 e. The highest BCUT2D eigenvalue weighted by Crippen LogP contribution is 2.31. The molecule has 0 radical (unpaired) electrons. The molecule has 0 aliphatic heterocycles. The zero-order chi connectivity index (χ0) is 92.2. The number of hydrogen-bond donors (Lipinski definition) is 0. The first-order valence-corrected chi connectivity index (χ1v) is 44.0. The van der Waals surface area contributed by atoms with Crippen molar-refractivity contribution in [3.8, 4) is 11.5 Å². The van der Waals surface area contributed by atoms with Gasteiger partial charge in [0.2, 0.25) is 0 Å². The molecule has 668 valence electrons. The summed E-state index contributed by atoms with van der Waals surface area (Å²) in [5.41, 5.74) is 28.7. The minimum atomic E-state index is -1.75. The van der Waals surface area contributed by atoms with Gasteiger partial charge in [0.05, 0.1) is 14.2 Å². The van der Waals surface area contributed by atoms with E-state index < -0.39 is 23.3 Å². The highest BCUT2D eigenvalue weighted by atomic mass is 19.2.